The van der Waals surface area contributed by atoms with Crippen LogP contribution in [0.5, 0.6) is 0 Å². The van der Waals surface area contributed by atoms with E-state index in [0.29, 0.717) is 22.3 Å². The van der Waals surface area contributed by atoms with Crippen LogP contribution in [0.3, 0.4) is 0 Å². The summed E-state index contributed by atoms with van der Waals surface area (Å²) in [4.78, 5) is 23.7. The Morgan fingerprint density at radius 2 is 2.05 bits per heavy atom. The largest absolute Gasteiger partial charge is 0.319 e. The lowest BCUT2D eigenvalue weighted by Crippen LogP contribution is -2.26. The molecule has 2 rings (SSSR count). The van der Waals surface area contributed by atoms with Crippen molar-refractivity contribution in [1.29, 1.82) is 0 Å². The highest BCUT2D eigenvalue weighted by Crippen LogP contribution is 2.25. The van der Waals surface area contributed by atoms with E-state index in [1.54, 1.807) is 12.1 Å². The number of amides is 1. The maximum absolute atomic E-state index is 12.1. The van der Waals surface area contributed by atoms with Crippen LogP contribution in [0.25, 0.3) is 0 Å². The Morgan fingerprint density at radius 1 is 1.29 bits per heavy atom. The minimum absolute atomic E-state index is 0.147. The summed E-state index contributed by atoms with van der Waals surface area (Å²) in [5.74, 6) is -0.441. The van der Waals surface area contributed by atoms with Crippen molar-refractivity contribution in [3.63, 3.8) is 0 Å². The van der Waals surface area contributed by atoms with Crippen molar-refractivity contribution in [3.8, 4) is 0 Å². The SMILES string of the molecule is CCCn1nc(C(=O)Nc2ccc(Cl)cc2Cl)ccc1=O. The van der Waals surface area contributed by atoms with Gasteiger partial charge in [0.25, 0.3) is 11.5 Å². The second-order valence-electron chi connectivity index (χ2n) is 4.36. The maximum atomic E-state index is 12.1. The van der Waals surface area contributed by atoms with E-state index in [9.17, 15) is 9.59 Å². The molecule has 0 bridgehead atoms. The van der Waals surface area contributed by atoms with Crippen LogP contribution in [0, 0.1) is 0 Å². The first-order valence-electron chi connectivity index (χ1n) is 6.36. The predicted octanol–water partition coefficient (Wildman–Crippen LogP) is 3.21. The highest BCUT2D eigenvalue weighted by Gasteiger charge is 2.11. The van der Waals surface area contributed by atoms with Gasteiger partial charge in [-0.05, 0) is 30.7 Å². The van der Waals surface area contributed by atoms with Gasteiger partial charge in [-0.15, -0.1) is 0 Å². The lowest BCUT2D eigenvalue weighted by Gasteiger charge is -2.08. The summed E-state index contributed by atoms with van der Waals surface area (Å²) in [5.41, 5.74) is 0.341. The van der Waals surface area contributed by atoms with Gasteiger partial charge in [-0.3, -0.25) is 9.59 Å². The van der Waals surface area contributed by atoms with Crippen molar-refractivity contribution in [2.24, 2.45) is 0 Å². The van der Waals surface area contributed by atoms with Gasteiger partial charge in [0.2, 0.25) is 0 Å². The van der Waals surface area contributed by atoms with Gasteiger partial charge in [-0.25, -0.2) is 4.68 Å². The monoisotopic (exact) mass is 325 g/mol. The van der Waals surface area contributed by atoms with Crippen molar-refractivity contribution < 1.29 is 4.79 Å². The van der Waals surface area contributed by atoms with Crippen LogP contribution >= 0.6 is 23.2 Å². The molecule has 7 heteroatoms. The number of carbonyl (C=O) groups excluding carboxylic acids is 1. The lowest BCUT2D eigenvalue weighted by atomic mass is 10.3. The number of hydrogen-bond donors (Lipinski definition) is 1. The smallest absolute Gasteiger partial charge is 0.276 e. The molecule has 110 valence electrons. The number of benzene rings is 1. The average Bonchev–Trinajstić information content (AvgIpc) is 2.44. The van der Waals surface area contributed by atoms with Crippen molar-refractivity contribution >= 4 is 34.8 Å². The third-order valence-corrected chi connectivity index (χ3v) is 3.26. The first kappa shape index (κ1) is 15.5. The zero-order chi connectivity index (χ0) is 15.4. The van der Waals surface area contributed by atoms with Crippen LogP contribution in [0.4, 0.5) is 5.69 Å². The quantitative estimate of drug-likeness (QED) is 0.938. The van der Waals surface area contributed by atoms with E-state index in [-0.39, 0.29) is 11.3 Å². The molecular formula is C14H13Cl2N3O2. The number of aromatic nitrogens is 2. The minimum atomic E-state index is -0.441. The van der Waals surface area contributed by atoms with E-state index in [4.69, 9.17) is 23.2 Å². The third-order valence-electron chi connectivity index (χ3n) is 2.71. The standard InChI is InChI=1S/C14H13Cl2N3O2/c1-2-7-19-13(20)6-5-12(18-19)14(21)17-11-4-3-9(15)8-10(11)16/h3-6,8H,2,7H2,1H3,(H,17,21). The van der Waals surface area contributed by atoms with Crippen LogP contribution in [0.15, 0.2) is 35.1 Å². The summed E-state index contributed by atoms with van der Waals surface area (Å²) < 4.78 is 1.26. The Labute approximate surface area is 131 Å². The van der Waals surface area contributed by atoms with Gasteiger partial charge >= 0.3 is 0 Å². The van der Waals surface area contributed by atoms with Crippen LogP contribution in [0.2, 0.25) is 10.0 Å². The number of aryl methyl sites for hydroxylation is 1. The molecule has 5 nitrogen and oxygen atoms in total. The number of nitrogens with one attached hydrogen (secondary N) is 1. The molecule has 0 aliphatic carbocycles. The molecule has 0 radical (unpaired) electrons. The number of carbonyl (C=O) groups is 1. The van der Waals surface area contributed by atoms with E-state index in [1.165, 1.54) is 22.9 Å². The van der Waals surface area contributed by atoms with Gasteiger partial charge in [0, 0.05) is 17.6 Å². The lowest BCUT2D eigenvalue weighted by molar-refractivity contribution is 0.102. The molecule has 0 saturated heterocycles. The molecule has 1 heterocycles. The first-order valence-corrected chi connectivity index (χ1v) is 7.11. The fraction of sp³-hybridized carbons (Fsp3) is 0.214. The Morgan fingerprint density at radius 3 is 2.71 bits per heavy atom. The van der Waals surface area contributed by atoms with Gasteiger partial charge in [-0.1, -0.05) is 30.1 Å². The third kappa shape index (κ3) is 3.83. The molecule has 21 heavy (non-hydrogen) atoms. The number of nitrogens with zero attached hydrogens (tertiary/aromatic N) is 2. The number of hydrogen-bond acceptors (Lipinski definition) is 3. The summed E-state index contributed by atoms with van der Waals surface area (Å²) in [6, 6.07) is 7.46. The molecule has 0 unspecified atom stereocenters. The Balaban J connectivity index is 2.24. The van der Waals surface area contributed by atoms with E-state index >= 15 is 0 Å². The normalized spacial score (nSPS) is 10.4. The molecule has 0 atom stereocenters. The highest BCUT2D eigenvalue weighted by molar-refractivity contribution is 6.36. The van der Waals surface area contributed by atoms with Crippen molar-refractivity contribution in [2.75, 3.05) is 5.32 Å². The summed E-state index contributed by atoms with van der Waals surface area (Å²) >= 11 is 11.8. The predicted molar refractivity (Wildman–Crippen MR) is 83.2 cm³/mol. The number of anilines is 1. The number of rotatable bonds is 4. The van der Waals surface area contributed by atoms with E-state index in [1.807, 2.05) is 6.92 Å². The van der Waals surface area contributed by atoms with E-state index in [2.05, 4.69) is 10.4 Å². The average molecular weight is 326 g/mol. The zero-order valence-electron chi connectivity index (χ0n) is 11.3. The minimum Gasteiger partial charge on any atom is -0.319 e. The molecule has 1 aromatic carbocycles. The second-order valence-corrected chi connectivity index (χ2v) is 5.20. The first-order chi connectivity index (χ1) is 10.0. The van der Waals surface area contributed by atoms with Crippen LogP contribution in [-0.4, -0.2) is 15.7 Å². The Hall–Kier alpha value is -1.85. The fourth-order valence-electron chi connectivity index (χ4n) is 1.72. The molecule has 0 aliphatic heterocycles. The molecule has 0 aliphatic rings. The molecule has 0 spiro atoms. The van der Waals surface area contributed by atoms with Crippen molar-refractivity contribution in [3.05, 3.63) is 56.4 Å². The van der Waals surface area contributed by atoms with Gasteiger partial charge in [0.1, 0.15) is 5.69 Å². The van der Waals surface area contributed by atoms with Crippen LogP contribution < -0.4 is 10.9 Å². The highest BCUT2D eigenvalue weighted by atomic mass is 35.5. The van der Waals surface area contributed by atoms with Gasteiger partial charge in [-0.2, -0.15) is 5.10 Å². The molecule has 0 saturated carbocycles. The van der Waals surface area contributed by atoms with Crippen LogP contribution in [0.1, 0.15) is 23.8 Å². The fourth-order valence-corrected chi connectivity index (χ4v) is 2.17. The Bertz CT molecular complexity index is 728. The number of halogens is 2. The molecule has 0 fully saturated rings. The van der Waals surface area contributed by atoms with Gasteiger partial charge in [0.15, 0.2) is 0 Å². The topological polar surface area (TPSA) is 64.0 Å². The van der Waals surface area contributed by atoms with Crippen LogP contribution in [-0.2, 0) is 6.54 Å². The van der Waals surface area contributed by atoms with Gasteiger partial charge < -0.3 is 5.32 Å². The zero-order valence-corrected chi connectivity index (χ0v) is 12.8. The van der Waals surface area contributed by atoms with E-state index < -0.39 is 5.91 Å². The molecule has 2 aromatic rings. The Kier molecular flexibility index (Phi) is 4.98. The summed E-state index contributed by atoms with van der Waals surface area (Å²) in [6.45, 7) is 2.38. The molecule has 1 amide bonds. The van der Waals surface area contributed by atoms with Crippen molar-refractivity contribution in [1.82, 2.24) is 9.78 Å². The van der Waals surface area contributed by atoms with E-state index in [0.717, 1.165) is 6.42 Å². The summed E-state index contributed by atoms with van der Waals surface area (Å²) in [7, 11) is 0. The maximum Gasteiger partial charge on any atom is 0.276 e. The summed E-state index contributed by atoms with van der Waals surface area (Å²) in [6.07, 6.45) is 0.751. The molecule has 1 aromatic heterocycles. The van der Waals surface area contributed by atoms with Gasteiger partial charge in [0.05, 0.1) is 10.7 Å². The summed E-state index contributed by atoms with van der Waals surface area (Å²) in [5, 5.41) is 7.47. The molecular weight excluding hydrogens is 313 g/mol. The van der Waals surface area contributed by atoms with Crippen molar-refractivity contribution in [2.45, 2.75) is 19.9 Å². The second kappa shape index (κ2) is 6.74. The molecule has 1 N–H and O–H groups in total.